The van der Waals surface area contributed by atoms with Gasteiger partial charge in [-0.1, -0.05) is 54.6 Å². The maximum atomic E-state index is 11.1. The molecule has 0 spiro atoms. The highest BCUT2D eigenvalue weighted by atomic mass is 16.7. The zero-order valence-electron chi connectivity index (χ0n) is 14.2. The summed E-state index contributed by atoms with van der Waals surface area (Å²) in [6.45, 7) is 0. The number of hydroxylamine groups is 1. The number of carboxylic acid groups (broad SMARTS) is 1. The average molecular weight is 360 g/mol. The first-order valence-corrected chi connectivity index (χ1v) is 8.33. The Balaban J connectivity index is 1.59. The number of aromatic hydroxyl groups is 1. The number of nitrogens with zero attached hydrogens (tertiary/aromatic N) is 1. The molecule has 0 aromatic heterocycles. The number of amidine groups is 1. The molecule has 3 N–H and O–H groups in total. The molecule has 0 bridgehead atoms. The Hall–Kier alpha value is -3.64. The lowest BCUT2D eigenvalue weighted by atomic mass is 10.0. The molecule has 0 aliphatic carbocycles. The standard InChI is InChI=1S/C21H16N2O4/c24-18-11-10-16(21(25)26)12-17(18)19-22-20(27-23-19)15-8-6-14(7-9-15)13-4-2-1-3-5-13/h1-12,20,24H,(H,22,23)(H,25,26). The molecule has 6 heteroatoms. The second-order valence-corrected chi connectivity index (χ2v) is 6.08. The Morgan fingerprint density at radius 1 is 0.963 bits per heavy atom. The fraction of sp³-hybridized carbons (Fsp3) is 0.0476. The van der Waals surface area contributed by atoms with Gasteiger partial charge in [-0.2, -0.15) is 0 Å². The van der Waals surface area contributed by atoms with Gasteiger partial charge in [0.2, 0.25) is 6.23 Å². The van der Waals surface area contributed by atoms with E-state index in [0.29, 0.717) is 0 Å². The lowest BCUT2D eigenvalue weighted by Crippen LogP contribution is -2.18. The van der Waals surface area contributed by atoms with Gasteiger partial charge in [-0.25, -0.2) is 20.1 Å². The molecular formula is C21H16N2O4. The average Bonchev–Trinajstić information content (AvgIpc) is 3.19. The second kappa shape index (κ2) is 6.93. The molecule has 0 saturated heterocycles. The van der Waals surface area contributed by atoms with E-state index in [1.54, 1.807) is 0 Å². The summed E-state index contributed by atoms with van der Waals surface area (Å²) in [7, 11) is 0. The van der Waals surface area contributed by atoms with E-state index < -0.39 is 12.2 Å². The largest absolute Gasteiger partial charge is 0.507 e. The number of hydrogen-bond acceptors (Lipinski definition) is 5. The highest BCUT2D eigenvalue weighted by Gasteiger charge is 2.23. The molecule has 0 radical (unpaired) electrons. The Labute approximate surface area is 155 Å². The smallest absolute Gasteiger partial charge is 0.335 e. The van der Waals surface area contributed by atoms with E-state index in [9.17, 15) is 9.90 Å². The lowest BCUT2D eigenvalue weighted by Gasteiger charge is -2.07. The van der Waals surface area contributed by atoms with E-state index >= 15 is 0 Å². The highest BCUT2D eigenvalue weighted by molar-refractivity contribution is 6.03. The third-order valence-electron chi connectivity index (χ3n) is 4.32. The van der Waals surface area contributed by atoms with Crippen molar-refractivity contribution in [1.29, 1.82) is 0 Å². The first kappa shape index (κ1) is 16.8. The SMILES string of the molecule is O=C(O)c1ccc(O)c(C2=NC(c3ccc(-c4ccccc4)cc3)ON2)c1. The van der Waals surface area contributed by atoms with Crippen molar-refractivity contribution in [3.8, 4) is 16.9 Å². The first-order valence-electron chi connectivity index (χ1n) is 8.33. The van der Waals surface area contributed by atoms with E-state index in [1.807, 2.05) is 54.6 Å². The van der Waals surface area contributed by atoms with E-state index in [4.69, 9.17) is 9.94 Å². The van der Waals surface area contributed by atoms with E-state index in [-0.39, 0.29) is 22.7 Å². The fourth-order valence-corrected chi connectivity index (χ4v) is 2.88. The number of carboxylic acids is 1. The second-order valence-electron chi connectivity index (χ2n) is 6.08. The van der Waals surface area contributed by atoms with E-state index in [2.05, 4.69) is 10.5 Å². The van der Waals surface area contributed by atoms with Gasteiger partial charge in [-0.3, -0.25) is 0 Å². The molecule has 0 saturated carbocycles. The third kappa shape index (κ3) is 3.38. The van der Waals surface area contributed by atoms with Crippen LogP contribution in [0.25, 0.3) is 11.1 Å². The third-order valence-corrected chi connectivity index (χ3v) is 4.32. The van der Waals surface area contributed by atoms with Gasteiger partial charge in [0.1, 0.15) is 5.75 Å². The van der Waals surface area contributed by atoms with Crippen molar-refractivity contribution >= 4 is 11.8 Å². The van der Waals surface area contributed by atoms with Gasteiger partial charge in [0.15, 0.2) is 5.84 Å². The number of nitrogens with one attached hydrogen (secondary N) is 1. The molecule has 3 aromatic carbocycles. The molecule has 134 valence electrons. The Kier molecular flexibility index (Phi) is 4.32. The maximum absolute atomic E-state index is 11.1. The molecule has 6 nitrogen and oxygen atoms in total. The van der Waals surface area contributed by atoms with Crippen LogP contribution in [-0.2, 0) is 4.84 Å². The van der Waals surface area contributed by atoms with Crippen molar-refractivity contribution in [1.82, 2.24) is 5.48 Å². The summed E-state index contributed by atoms with van der Waals surface area (Å²) in [6.07, 6.45) is -0.585. The van der Waals surface area contributed by atoms with Crippen LogP contribution < -0.4 is 5.48 Å². The number of phenolic OH excluding ortho intramolecular Hbond substituents is 1. The van der Waals surface area contributed by atoms with Crippen LogP contribution in [0.5, 0.6) is 5.75 Å². The lowest BCUT2D eigenvalue weighted by molar-refractivity contribution is 0.0376. The molecule has 0 fully saturated rings. The van der Waals surface area contributed by atoms with Gasteiger partial charge >= 0.3 is 5.97 Å². The maximum Gasteiger partial charge on any atom is 0.335 e. The van der Waals surface area contributed by atoms with Crippen LogP contribution in [-0.4, -0.2) is 22.0 Å². The Morgan fingerprint density at radius 3 is 2.37 bits per heavy atom. The predicted octanol–water partition coefficient (Wildman–Crippen LogP) is 3.74. The number of rotatable bonds is 4. The fourth-order valence-electron chi connectivity index (χ4n) is 2.88. The van der Waals surface area contributed by atoms with Crippen LogP contribution in [0.1, 0.15) is 27.7 Å². The number of aromatic carboxylic acids is 1. The minimum Gasteiger partial charge on any atom is -0.507 e. The predicted molar refractivity (Wildman–Crippen MR) is 100 cm³/mol. The van der Waals surface area contributed by atoms with Crippen LogP contribution in [0.4, 0.5) is 0 Å². The zero-order chi connectivity index (χ0) is 18.8. The van der Waals surface area contributed by atoms with Crippen LogP contribution >= 0.6 is 0 Å². The molecule has 4 rings (SSSR count). The molecule has 1 aliphatic heterocycles. The summed E-state index contributed by atoms with van der Waals surface area (Å²) in [4.78, 5) is 21.1. The van der Waals surface area contributed by atoms with Crippen molar-refractivity contribution < 1.29 is 19.8 Å². The Morgan fingerprint density at radius 2 is 1.67 bits per heavy atom. The van der Waals surface area contributed by atoms with Crippen LogP contribution in [0, 0.1) is 0 Å². The minimum absolute atomic E-state index is 0.0583. The van der Waals surface area contributed by atoms with Gasteiger partial charge in [-0.15, -0.1) is 0 Å². The number of aliphatic imine (C=N–C) groups is 1. The van der Waals surface area contributed by atoms with E-state index in [1.165, 1.54) is 18.2 Å². The van der Waals surface area contributed by atoms with Gasteiger partial charge in [0, 0.05) is 5.56 Å². The van der Waals surface area contributed by atoms with Crippen molar-refractivity contribution in [3.63, 3.8) is 0 Å². The molecule has 1 unspecified atom stereocenters. The normalized spacial score (nSPS) is 15.9. The quantitative estimate of drug-likeness (QED) is 0.659. The molecular weight excluding hydrogens is 344 g/mol. The van der Waals surface area contributed by atoms with Crippen LogP contribution in [0.2, 0.25) is 0 Å². The first-order chi connectivity index (χ1) is 13.1. The van der Waals surface area contributed by atoms with Crippen LogP contribution in [0.15, 0.2) is 77.8 Å². The molecule has 0 amide bonds. The molecule has 27 heavy (non-hydrogen) atoms. The van der Waals surface area contributed by atoms with Crippen molar-refractivity contribution in [2.24, 2.45) is 4.99 Å². The number of hydrogen-bond donors (Lipinski definition) is 3. The van der Waals surface area contributed by atoms with Crippen molar-refractivity contribution in [2.75, 3.05) is 0 Å². The summed E-state index contributed by atoms with van der Waals surface area (Å²) < 4.78 is 0. The molecule has 1 heterocycles. The van der Waals surface area contributed by atoms with Gasteiger partial charge in [0.25, 0.3) is 0 Å². The zero-order valence-corrected chi connectivity index (χ0v) is 14.2. The highest BCUT2D eigenvalue weighted by Crippen LogP contribution is 2.28. The van der Waals surface area contributed by atoms with Gasteiger partial charge in [0.05, 0.1) is 11.1 Å². The van der Waals surface area contributed by atoms with Gasteiger partial charge < -0.3 is 10.2 Å². The van der Waals surface area contributed by atoms with Crippen LogP contribution in [0.3, 0.4) is 0 Å². The minimum atomic E-state index is -1.08. The van der Waals surface area contributed by atoms with Crippen molar-refractivity contribution in [3.05, 3.63) is 89.5 Å². The monoisotopic (exact) mass is 360 g/mol. The summed E-state index contributed by atoms with van der Waals surface area (Å²) >= 11 is 0. The summed E-state index contributed by atoms with van der Waals surface area (Å²) in [5.41, 5.74) is 6.05. The van der Waals surface area contributed by atoms with Crippen molar-refractivity contribution in [2.45, 2.75) is 6.23 Å². The Bertz CT molecular complexity index is 1010. The topological polar surface area (TPSA) is 91.2 Å². The summed E-state index contributed by atoms with van der Waals surface area (Å²) in [6, 6.07) is 21.9. The van der Waals surface area contributed by atoms with E-state index in [0.717, 1.165) is 16.7 Å². The molecule has 1 atom stereocenters. The van der Waals surface area contributed by atoms with Gasteiger partial charge in [-0.05, 0) is 29.3 Å². The molecule has 3 aromatic rings. The number of carbonyl (C=O) groups is 1. The molecule has 1 aliphatic rings. The summed E-state index contributed by atoms with van der Waals surface area (Å²) in [5.74, 6) is -0.869. The number of phenols is 1. The number of benzene rings is 3. The summed E-state index contributed by atoms with van der Waals surface area (Å²) in [5, 5.41) is 19.1.